The van der Waals surface area contributed by atoms with Gasteiger partial charge in [-0.05, 0) is 11.1 Å². The van der Waals surface area contributed by atoms with Gasteiger partial charge in [0.2, 0.25) is 0 Å². The molecule has 0 saturated heterocycles. The largest absolute Gasteiger partial charge is 0.392 e. The van der Waals surface area contributed by atoms with E-state index in [9.17, 15) is 8.42 Å². The summed E-state index contributed by atoms with van der Waals surface area (Å²) >= 11 is 0. The standard InChI is InChI=1S/C11H16O4S/c1-15-6-7-16(13,14)9-11-4-2-10(8-12)3-5-11/h2-5,12H,6-9H2,1H3. The minimum Gasteiger partial charge on any atom is -0.392 e. The van der Waals surface area contributed by atoms with Crippen LogP contribution in [0.25, 0.3) is 0 Å². The van der Waals surface area contributed by atoms with Crippen molar-refractivity contribution in [3.05, 3.63) is 35.4 Å². The molecule has 1 aromatic carbocycles. The topological polar surface area (TPSA) is 63.6 Å². The first-order chi connectivity index (χ1) is 7.57. The van der Waals surface area contributed by atoms with Gasteiger partial charge in [0.25, 0.3) is 0 Å². The molecular formula is C11H16O4S. The smallest absolute Gasteiger partial charge is 0.156 e. The van der Waals surface area contributed by atoms with Crippen molar-refractivity contribution in [2.24, 2.45) is 0 Å². The van der Waals surface area contributed by atoms with Crippen LogP contribution in [-0.4, -0.2) is 33.0 Å². The first-order valence-corrected chi connectivity index (χ1v) is 6.77. The fraction of sp³-hybridized carbons (Fsp3) is 0.455. The molecule has 0 atom stereocenters. The number of methoxy groups -OCH3 is 1. The average molecular weight is 244 g/mol. The van der Waals surface area contributed by atoms with E-state index in [0.717, 1.165) is 11.1 Å². The summed E-state index contributed by atoms with van der Waals surface area (Å²) in [5.74, 6) is 0.0489. The SMILES string of the molecule is COCCS(=O)(=O)Cc1ccc(CO)cc1. The number of ether oxygens (including phenoxy) is 1. The van der Waals surface area contributed by atoms with Gasteiger partial charge in [0, 0.05) is 7.11 Å². The molecule has 0 fully saturated rings. The zero-order valence-electron chi connectivity index (χ0n) is 9.22. The number of hydrogen-bond acceptors (Lipinski definition) is 4. The van der Waals surface area contributed by atoms with Gasteiger partial charge < -0.3 is 9.84 Å². The predicted molar refractivity (Wildman–Crippen MR) is 61.7 cm³/mol. The number of benzene rings is 1. The molecule has 0 aliphatic carbocycles. The monoisotopic (exact) mass is 244 g/mol. The van der Waals surface area contributed by atoms with Gasteiger partial charge in [-0.15, -0.1) is 0 Å². The van der Waals surface area contributed by atoms with Crippen LogP contribution in [0.4, 0.5) is 0 Å². The maximum absolute atomic E-state index is 11.6. The van der Waals surface area contributed by atoms with E-state index in [-0.39, 0.29) is 24.7 Å². The van der Waals surface area contributed by atoms with Crippen molar-refractivity contribution in [3.63, 3.8) is 0 Å². The first-order valence-electron chi connectivity index (χ1n) is 4.95. The minimum atomic E-state index is -3.10. The Kier molecular flexibility index (Phi) is 4.92. The summed E-state index contributed by atoms with van der Waals surface area (Å²) in [4.78, 5) is 0. The Bertz CT molecular complexity index is 408. The lowest BCUT2D eigenvalue weighted by molar-refractivity contribution is 0.217. The van der Waals surface area contributed by atoms with E-state index < -0.39 is 9.84 Å². The van der Waals surface area contributed by atoms with E-state index >= 15 is 0 Å². The van der Waals surface area contributed by atoms with Gasteiger partial charge in [-0.1, -0.05) is 24.3 Å². The Morgan fingerprint density at radius 1 is 1.19 bits per heavy atom. The van der Waals surface area contributed by atoms with Gasteiger partial charge in [0.1, 0.15) is 0 Å². The third-order valence-electron chi connectivity index (χ3n) is 2.19. The van der Waals surface area contributed by atoms with E-state index in [4.69, 9.17) is 9.84 Å². The third kappa shape index (κ3) is 4.30. The van der Waals surface area contributed by atoms with Crippen molar-refractivity contribution < 1.29 is 18.3 Å². The van der Waals surface area contributed by atoms with E-state index in [1.807, 2.05) is 0 Å². The van der Waals surface area contributed by atoms with Crippen molar-refractivity contribution in [1.29, 1.82) is 0 Å². The van der Waals surface area contributed by atoms with Gasteiger partial charge in [0.05, 0.1) is 24.7 Å². The van der Waals surface area contributed by atoms with Crippen molar-refractivity contribution >= 4 is 9.84 Å². The Labute approximate surface area is 95.8 Å². The molecule has 0 aliphatic heterocycles. The second kappa shape index (κ2) is 5.98. The van der Waals surface area contributed by atoms with Crippen LogP contribution in [0.2, 0.25) is 0 Å². The van der Waals surface area contributed by atoms with Crippen LogP contribution in [-0.2, 0) is 26.9 Å². The highest BCUT2D eigenvalue weighted by molar-refractivity contribution is 7.90. The van der Waals surface area contributed by atoms with Gasteiger partial charge >= 0.3 is 0 Å². The van der Waals surface area contributed by atoms with Gasteiger partial charge in [-0.25, -0.2) is 8.42 Å². The van der Waals surface area contributed by atoms with Crippen LogP contribution in [0.5, 0.6) is 0 Å². The molecule has 16 heavy (non-hydrogen) atoms. The van der Waals surface area contributed by atoms with Crippen molar-refractivity contribution in [2.75, 3.05) is 19.5 Å². The molecule has 1 rings (SSSR count). The molecule has 1 N–H and O–H groups in total. The van der Waals surface area contributed by atoms with Crippen LogP contribution in [0, 0.1) is 0 Å². The molecule has 0 aliphatic rings. The van der Waals surface area contributed by atoms with E-state index in [1.165, 1.54) is 7.11 Å². The Morgan fingerprint density at radius 3 is 2.25 bits per heavy atom. The normalized spacial score (nSPS) is 11.6. The molecule has 0 unspecified atom stereocenters. The van der Waals surface area contributed by atoms with Crippen LogP contribution < -0.4 is 0 Å². The molecule has 5 heteroatoms. The Hall–Kier alpha value is -0.910. The second-order valence-corrected chi connectivity index (χ2v) is 5.74. The summed E-state index contributed by atoms with van der Waals surface area (Å²) in [7, 11) is -1.63. The second-order valence-electron chi connectivity index (χ2n) is 3.56. The summed E-state index contributed by atoms with van der Waals surface area (Å²) in [6, 6.07) is 6.88. The highest BCUT2D eigenvalue weighted by Gasteiger charge is 2.11. The summed E-state index contributed by atoms with van der Waals surface area (Å²) < 4.78 is 27.9. The van der Waals surface area contributed by atoms with E-state index in [0.29, 0.717) is 0 Å². The molecule has 0 spiro atoms. The van der Waals surface area contributed by atoms with Crippen molar-refractivity contribution in [2.45, 2.75) is 12.4 Å². The number of rotatable bonds is 6. The molecule has 0 saturated carbocycles. The zero-order valence-corrected chi connectivity index (χ0v) is 10.0. The Balaban J connectivity index is 2.65. The quantitative estimate of drug-likeness (QED) is 0.801. The fourth-order valence-electron chi connectivity index (χ4n) is 1.28. The van der Waals surface area contributed by atoms with Gasteiger partial charge in [-0.3, -0.25) is 0 Å². The molecule has 0 bridgehead atoms. The summed E-state index contributed by atoms with van der Waals surface area (Å²) in [5, 5.41) is 8.84. The van der Waals surface area contributed by atoms with Crippen LogP contribution >= 0.6 is 0 Å². The summed E-state index contributed by atoms with van der Waals surface area (Å²) in [5.41, 5.74) is 1.51. The first kappa shape index (κ1) is 13.2. The van der Waals surface area contributed by atoms with Crippen molar-refractivity contribution in [1.82, 2.24) is 0 Å². The van der Waals surface area contributed by atoms with Gasteiger partial charge in [-0.2, -0.15) is 0 Å². The number of sulfone groups is 1. The molecule has 4 nitrogen and oxygen atoms in total. The van der Waals surface area contributed by atoms with Crippen LogP contribution in [0.15, 0.2) is 24.3 Å². The zero-order chi connectivity index (χ0) is 12.0. The number of aliphatic hydroxyl groups excluding tert-OH is 1. The third-order valence-corrected chi connectivity index (χ3v) is 3.75. The summed E-state index contributed by atoms with van der Waals surface area (Å²) in [6.07, 6.45) is 0. The van der Waals surface area contributed by atoms with Crippen LogP contribution in [0.3, 0.4) is 0 Å². The lowest BCUT2D eigenvalue weighted by Gasteiger charge is -2.04. The lowest BCUT2D eigenvalue weighted by Crippen LogP contribution is -2.13. The fourth-order valence-corrected chi connectivity index (χ4v) is 2.54. The molecule has 0 heterocycles. The highest BCUT2D eigenvalue weighted by atomic mass is 32.2. The predicted octanol–water partition coefficient (Wildman–Crippen LogP) is 0.740. The molecule has 0 aromatic heterocycles. The van der Waals surface area contributed by atoms with E-state index in [1.54, 1.807) is 24.3 Å². The molecule has 1 aromatic rings. The molecule has 0 amide bonds. The Morgan fingerprint density at radius 2 is 1.75 bits per heavy atom. The molecule has 90 valence electrons. The maximum atomic E-state index is 11.6. The lowest BCUT2D eigenvalue weighted by atomic mass is 10.2. The molecular weight excluding hydrogens is 228 g/mol. The number of aliphatic hydroxyl groups is 1. The number of hydrogen-bond donors (Lipinski definition) is 1. The van der Waals surface area contributed by atoms with Crippen molar-refractivity contribution in [3.8, 4) is 0 Å². The minimum absolute atomic E-state index is 0.0159. The average Bonchev–Trinajstić information content (AvgIpc) is 2.27. The van der Waals surface area contributed by atoms with Gasteiger partial charge in [0.15, 0.2) is 9.84 Å². The van der Waals surface area contributed by atoms with E-state index in [2.05, 4.69) is 0 Å². The van der Waals surface area contributed by atoms with Crippen LogP contribution in [0.1, 0.15) is 11.1 Å². The molecule has 0 radical (unpaired) electrons. The maximum Gasteiger partial charge on any atom is 0.156 e. The highest BCUT2D eigenvalue weighted by Crippen LogP contribution is 2.09. The summed E-state index contributed by atoms with van der Waals surface area (Å²) in [6.45, 7) is 0.188.